The summed E-state index contributed by atoms with van der Waals surface area (Å²) in [5.74, 6) is 0.531. The molecule has 4 heteroatoms. The number of ketones is 1. The Hall–Kier alpha value is -1.06. The zero-order valence-corrected chi connectivity index (χ0v) is 11.4. The molecule has 1 heterocycles. The number of ether oxygens (including phenoxy) is 1. The summed E-state index contributed by atoms with van der Waals surface area (Å²) in [6.45, 7) is 10.4. The normalized spacial score (nSPS) is 25.6. The molecule has 0 aromatic heterocycles. The quantitative estimate of drug-likeness (QED) is 0.708. The van der Waals surface area contributed by atoms with Gasteiger partial charge in [0.05, 0.1) is 0 Å². The third-order valence-corrected chi connectivity index (χ3v) is 3.08. The van der Waals surface area contributed by atoms with Crippen LogP contribution in [0.2, 0.25) is 0 Å². The fourth-order valence-corrected chi connectivity index (χ4v) is 2.24. The molecular weight excluding hydrogens is 218 g/mol. The second-order valence-corrected chi connectivity index (χ2v) is 5.91. The molecule has 2 atom stereocenters. The van der Waals surface area contributed by atoms with E-state index in [-0.39, 0.29) is 23.7 Å². The summed E-state index contributed by atoms with van der Waals surface area (Å²) in [4.78, 5) is 24.9. The lowest BCUT2D eigenvalue weighted by molar-refractivity contribution is -0.123. The first-order valence-corrected chi connectivity index (χ1v) is 6.19. The van der Waals surface area contributed by atoms with Gasteiger partial charge in [-0.05, 0) is 40.0 Å². The van der Waals surface area contributed by atoms with E-state index < -0.39 is 5.60 Å². The van der Waals surface area contributed by atoms with Crippen molar-refractivity contribution < 1.29 is 14.3 Å². The van der Waals surface area contributed by atoms with E-state index in [1.54, 1.807) is 11.8 Å². The fraction of sp³-hybridized carbons (Fsp3) is 0.846. The third-order valence-electron chi connectivity index (χ3n) is 3.08. The first kappa shape index (κ1) is 14.0. The van der Waals surface area contributed by atoms with E-state index in [1.165, 1.54) is 0 Å². The van der Waals surface area contributed by atoms with Crippen LogP contribution in [0.3, 0.4) is 0 Å². The molecule has 0 bridgehead atoms. The number of carbonyl (C=O) groups is 2. The van der Waals surface area contributed by atoms with Crippen molar-refractivity contribution in [3.63, 3.8) is 0 Å². The first-order chi connectivity index (χ1) is 7.70. The zero-order valence-electron chi connectivity index (χ0n) is 11.4. The molecule has 0 unspecified atom stereocenters. The van der Waals surface area contributed by atoms with Crippen LogP contribution in [0.5, 0.6) is 0 Å². The highest BCUT2D eigenvalue weighted by Crippen LogP contribution is 2.25. The van der Waals surface area contributed by atoms with Gasteiger partial charge in [-0.2, -0.15) is 0 Å². The fourth-order valence-electron chi connectivity index (χ4n) is 2.24. The van der Waals surface area contributed by atoms with Crippen LogP contribution in [0.15, 0.2) is 0 Å². The summed E-state index contributed by atoms with van der Waals surface area (Å²) < 4.78 is 5.32. The highest BCUT2D eigenvalue weighted by atomic mass is 16.6. The van der Waals surface area contributed by atoms with Crippen molar-refractivity contribution in [2.24, 2.45) is 11.8 Å². The summed E-state index contributed by atoms with van der Waals surface area (Å²) in [5.41, 5.74) is -0.461. The van der Waals surface area contributed by atoms with Gasteiger partial charge in [0.15, 0.2) is 0 Å². The summed E-state index contributed by atoms with van der Waals surface area (Å²) in [6, 6.07) is 0. The van der Waals surface area contributed by atoms with Gasteiger partial charge in [-0.15, -0.1) is 0 Å². The first-order valence-electron chi connectivity index (χ1n) is 6.19. The molecular formula is C13H23NO3. The highest BCUT2D eigenvalue weighted by molar-refractivity contribution is 5.79. The average molecular weight is 241 g/mol. The van der Waals surface area contributed by atoms with Gasteiger partial charge in [-0.3, -0.25) is 4.79 Å². The zero-order chi connectivity index (χ0) is 13.2. The van der Waals surface area contributed by atoms with Gasteiger partial charge in [-0.25, -0.2) is 4.79 Å². The standard InChI is InChI=1S/C13H23NO3/c1-9-8-14(7-6-11(9)10(2)15)12(16)17-13(3,4)5/h9,11H,6-8H2,1-5H3/t9-,11+/m1/s1. The average Bonchev–Trinajstić information content (AvgIpc) is 2.14. The van der Waals surface area contributed by atoms with Crippen LogP contribution in [0, 0.1) is 11.8 Å². The van der Waals surface area contributed by atoms with Gasteiger partial charge >= 0.3 is 6.09 Å². The van der Waals surface area contributed by atoms with Crippen molar-refractivity contribution in [1.82, 2.24) is 4.90 Å². The van der Waals surface area contributed by atoms with E-state index >= 15 is 0 Å². The Kier molecular flexibility index (Phi) is 4.17. The number of rotatable bonds is 1. The molecule has 1 saturated heterocycles. The van der Waals surface area contributed by atoms with Crippen LogP contribution in [-0.2, 0) is 9.53 Å². The van der Waals surface area contributed by atoms with E-state index in [2.05, 4.69) is 0 Å². The van der Waals surface area contributed by atoms with Gasteiger partial charge in [0.1, 0.15) is 11.4 Å². The molecule has 0 radical (unpaired) electrons. The Bertz CT molecular complexity index is 306. The largest absolute Gasteiger partial charge is 0.444 e. The number of carbonyl (C=O) groups excluding carboxylic acids is 2. The predicted molar refractivity (Wildman–Crippen MR) is 65.8 cm³/mol. The molecule has 0 saturated carbocycles. The lowest BCUT2D eigenvalue weighted by atomic mass is 9.84. The smallest absolute Gasteiger partial charge is 0.410 e. The summed E-state index contributed by atoms with van der Waals surface area (Å²) in [6.07, 6.45) is 0.474. The van der Waals surface area contributed by atoms with E-state index in [0.717, 1.165) is 6.42 Å². The van der Waals surface area contributed by atoms with Crippen molar-refractivity contribution >= 4 is 11.9 Å². The molecule has 0 spiro atoms. The van der Waals surface area contributed by atoms with Crippen LogP contribution < -0.4 is 0 Å². The van der Waals surface area contributed by atoms with Crippen molar-refractivity contribution in [1.29, 1.82) is 0 Å². The van der Waals surface area contributed by atoms with E-state index in [0.29, 0.717) is 13.1 Å². The van der Waals surface area contributed by atoms with Crippen molar-refractivity contribution in [3.8, 4) is 0 Å². The second-order valence-electron chi connectivity index (χ2n) is 5.91. The van der Waals surface area contributed by atoms with Crippen LogP contribution in [0.4, 0.5) is 4.79 Å². The Balaban J connectivity index is 2.55. The van der Waals surface area contributed by atoms with E-state index in [9.17, 15) is 9.59 Å². The molecule has 0 aliphatic carbocycles. The summed E-state index contributed by atoms with van der Waals surface area (Å²) in [5, 5.41) is 0. The topological polar surface area (TPSA) is 46.6 Å². The number of likely N-dealkylation sites (tertiary alicyclic amines) is 1. The highest BCUT2D eigenvalue weighted by Gasteiger charge is 2.32. The molecule has 0 aromatic rings. The number of hydrogen-bond acceptors (Lipinski definition) is 3. The molecule has 98 valence electrons. The van der Waals surface area contributed by atoms with Gasteiger partial charge in [-0.1, -0.05) is 6.92 Å². The van der Waals surface area contributed by atoms with Gasteiger partial charge < -0.3 is 9.64 Å². The lowest BCUT2D eigenvalue weighted by Gasteiger charge is -2.36. The van der Waals surface area contributed by atoms with Crippen LogP contribution in [-0.4, -0.2) is 35.5 Å². The number of nitrogens with zero attached hydrogens (tertiary/aromatic N) is 1. The maximum atomic E-state index is 11.9. The molecule has 17 heavy (non-hydrogen) atoms. The number of piperidine rings is 1. The molecule has 0 N–H and O–H groups in total. The van der Waals surface area contributed by atoms with Gasteiger partial charge in [0.25, 0.3) is 0 Å². The minimum Gasteiger partial charge on any atom is -0.444 e. The Morgan fingerprint density at radius 1 is 1.29 bits per heavy atom. The number of Topliss-reactive ketones (excluding diaryl/α,β-unsaturated/α-hetero) is 1. The Labute approximate surface area is 103 Å². The number of hydrogen-bond donors (Lipinski definition) is 0. The Morgan fingerprint density at radius 2 is 1.88 bits per heavy atom. The molecule has 1 aliphatic rings. The molecule has 1 aliphatic heterocycles. The molecule has 1 fully saturated rings. The van der Waals surface area contributed by atoms with Crippen molar-refractivity contribution in [2.45, 2.75) is 46.6 Å². The minimum absolute atomic E-state index is 0.0914. The van der Waals surface area contributed by atoms with Gasteiger partial charge in [0.2, 0.25) is 0 Å². The van der Waals surface area contributed by atoms with Crippen molar-refractivity contribution in [3.05, 3.63) is 0 Å². The predicted octanol–water partition coefficient (Wildman–Crippen LogP) is 2.47. The van der Waals surface area contributed by atoms with Crippen molar-refractivity contribution in [2.75, 3.05) is 13.1 Å². The monoisotopic (exact) mass is 241 g/mol. The molecule has 4 nitrogen and oxygen atoms in total. The molecule has 1 amide bonds. The van der Waals surface area contributed by atoms with Crippen LogP contribution in [0.1, 0.15) is 41.0 Å². The minimum atomic E-state index is -0.461. The van der Waals surface area contributed by atoms with E-state index in [1.807, 2.05) is 27.7 Å². The lowest BCUT2D eigenvalue weighted by Crippen LogP contribution is -2.46. The maximum Gasteiger partial charge on any atom is 0.410 e. The SMILES string of the molecule is CC(=O)[C@H]1CCN(C(=O)OC(C)(C)C)C[C@H]1C. The molecule has 1 rings (SSSR count). The third kappa shape index (κ3) is 4.02. The summed E-state index contributed by atoms with van der Waals surface area (Å²) in [7, 11) is 0. The number of amides is 1. The Morgan fingerprint density at radius 3 is 2.29 bits per heavy atom. The second kappa shape index (κ2) is 5.07. The summed E-state index contributed by atoms with van der Waals surface area (Å²) >= 11 is 0. The van der Waals surface area contributed by atoms with Gasteiger partial charge in [0, 0.05) is 19.0 Å². The van der Waals surface area contributed by atoms with Crippen LogP contribution >= 0.6 is 0 Å². The maximum absolute atomic E-state index is 11.9. The molecule has 0 aromatic carbocycles. The van der Waals surface area contributed by atoms with E-state index in [4.69, 9.17) is 4.74 Å². The van der Waals surface area contributed by atoms with Crippen LogP contribution in [0.25, 0.3) is 0 Å².